The third-order valence-electron chi connectivity index (χ3n) is 2.49. The summed E-state index contributed by atoms with van der Waals surface area (Å²) in [5.41, 5.74) is 5.38. The molecule has 1 unspecified atom stereocenters. The molecule has 82 valence electrons. The molecule has 0 spiro atoms. The van der Waals surface area contributed by atoms with E-state index in [1.165, 1.54) is 0 Å². The van der Waals surface area contributed by atoms with Gasteiger partial charge in [-0.25, -0.2) is 5.90 Å². The van der Waals surface area contributed by atoms with Crippen molar-refractivity contribution in [3.8, 4) is 0 Å². The van der Waals surface area contributed by atoms with Gasteiger partial charge in [-0.3, -0.25) is 9.63 Å². The largest absolute Gasteiger partial charge is 0.370 e. The zero-order chi connectivity index (χ0) is 11.3. The average Bonchev–Trinajstić information content (AvgIpc) is 2.27. The Morgan fingerprint density at radius 2 is 2.00 bits per heavy atom. The number of carbonyl (C=O) groups excluding carboxylic acids is 1. The summed E-state index contributed by atoms with van der Waals surface area (Å²) in [6.07, 6.45) is 0.728. The first-order valence-corrected chi connectivity index (χ1v) is 4.80. The molecule has 1 atom stereocenters. The van der Waals surface area contributed by atoms with Gasteiger partial charge < -0.3 is 5.73 Å². The van der Waals surface area contributed by atoms with Crippen molar-refractivity contribution >= 4 is 5.91 Å². The summed E-state index contributed by atoms with van der Waals surface area (Å²) in [4.78, 5) is 15.7. The second kappa shape index (κ2) is 4.91. The van der Waals surface area contributed by atoms with E-state index in [-0.39, 0.29) is 12.3 Å². The third kappa shape index (κ3) is 3.04. The molecule has 15 heavy (non-hydrogen) atoms. The van der Waals surface area contributed by atoms with Crippen molar-refractivity contribution in [2.45, 2.75) is 25.4 Å². The quantitative estimate of drug-likeness (QED) is 0.710. The minimum atomic E-state index is -0.656. The fraction of sp³-hybridized carbons (Fsp3) is 0.364. The van der Waals surface area contributed by atoms with E-state index in [0.29, 0.717) is 6.42 Å². The molecule has 0 bridgehead atoms. The fourth-order valence-electron chi connectivity index (χ4n) is 1.42. The van der Waals surface area contributed by atoms with Gasteiger partial charge in [-0.2, -0.15) is 0 Å². The average molecular weight is 208 g/mol. The summed E-state index contributed by atoms with van der Waals surface area (Å²) < 4.78 is 0. The Balaban J connectivity index is 2.80. The number of hydrogen-bond donors (Lipinski definition) is 2. The lowest BCUT2D eigenvalue weighted by molar-refractivity contribution is -0.120. The number of benzene rings is 1. The zero-order valence-corrected chi connectivity index (χ0v) is 8.77. The van der Waals surface area contributed by atoms with Crippen LogP contribution >= 0.6 is 0 Å². The Bertz CT molecular complexity index is 327. The SMILES string of the molecule is CC(CCC(N)=O)(ON)c1ccccc1. The smallest absolute Gasteiger partial charge is 0.217 e. The monoisotopic (exact) mass is 208 g/mol. The number of nitrogens with two attached hydrogens (primary N) is 2. The number of rotatable bonds is 5. The maximum absolute atomic E-state index is 10.7. The first kappa shape index (κ1) is 11.7. The molecule has 0 fully saturated rings. The van der Waals surface area contributed by atoms with Gasteiger partial charge >= 0.3 is 0 Å². The van der Waals surface area contributed by atoms with Crippen LogP contribution in [0.15, 0.2) is 30.3 Å². The van der Waals surface area contributed by atoms with Gasteiger partial charge in [-0.1, -0.05) is 30.3 Å². The number of primary amides is 1. The summed E-state index contributed by atoms with van der Waals surface area (Å²) in [7, 11) is 0. The van der Waals surface area contributed by atoms with Crippen LogP contribution in [0, 0.1) is 0 Å². The van der Waals surface area contributed by atoms with Crippen molar-refractivity contribution in [1.82, 2.24) is 0 Å². The highest BCUT2D eigenvalue weighted by atomic mass is 16.6. The maximum Gasteiger partial charge on any atom is 0.217 e. The van der Waals surface area contributed by atoms with Crippen LogP contribution in [0.2, 0.25) is 0 Å². The predicted octanol–water partition coefficient (Wildman–Crippen LogP) is 1.06. The van der Waals surface area contributed by atoms with E-state index in [1.807, 2.05) is 37.3 Å². The van der Waals surface area contributed by atoms with Gasteiger partial charge in [0.1, 0.15) is 5.60 Å². The molecule has 0 aliphatic rings. The minimum absolute atomic E-state index is 0.253. The first-order chi connectivity index (χ1) is 7.08. The molecule has 1 amide bonds. The molecule has 0 saturated carbocycles. The highest BCUT2D eigenvalue weighted by Crippen LogP contribution is 2.28. The van der Waals surface area contributed by atoms with Gasteiger partial charge in [0.05, 0.1) is 0 Å². The lowest BCUT2D eigenvalue weighted by Crippen LogP contribution is -2.30. The van der Waals surface area contributed by atoms with Gasteiger partial charge in [-0.15, -0.1) is 0 Å². The normalized spacial score (nSPS) is 14.5. The van der Waals surface area contributed by atoms with Crippen molar-refractivity contribution < 1.29 is 9.63 Å². The van der Waals surface area contributed by atoms with Crippen molar-refractivity contribution in [3.05, 3.63) is 35.9 Å². The van der Waals surface area contributed by atoms with Crippen molar-refractivity contribution in [1.29, 1.82) is 0 Å². The van der Waals surface area contributed by atoms with Gasteiger partial charge in [0, 0.05) is 6.42 Å². The molecule has 1 aromatic rings. The molecule has 1 aromatic carbocycles. The van der Waals surface area contributed by atoms with Gasteiger partial charge in [-0.05, 0) is 18.9 Å². The number of hydrogen-bond acceptors (Lipinski definition) is 3. The summed E-state index contributed by atoms with van der Waals surface area (Å²) in [5, 5.41) is 0. The molecule has 0 aliphatic carbocycles. The Hall–Kier alpha value is -1.39. The summed E-state index contributed by atoms with van der Waals surface area (Å²) in [6, 6.07) is 9.53. The minimum Gasteiger partial charge on any atom is -0.370 e. The van der Waals surface area contributed by atoms with E-state index in [9.17, 15) is 4.79 Å². The molecule has 0 heterocycles. The van der Waals surface area contributed by atoms with E-state index in [2.05, 4.69) is 0 Å². The molecule has 1 rings (SSSR count). The summed E-state index contributed by atoms with van der Waals surface area (Å²) >= 11 is 0. The van der Waals surface area contributed by atoms with Gasteiger partial charge in [0.15, 0.2) is 0 Å². The van der Waals surface area contributed by atoms with Crippen LogP contribution in [0.25, 0.3) is 0 Å². The van der Waals surface area contributed by atoms with E-state index < -0.39 is 5.60 Å². The molecule has 4 heteroatoms. The Morgan fingerprint density at radius 1 is 1.40 bits per heavy atom. The van der Waals surface area contributed by atoms with Crippen LogP contribution in [0.5, 0.6) is 0 Å². The second-order valence-corrected chi connectivity index (χ2v) is 3.68. The summed E-state index contributed by atoms with van der Waals surface area (Å²) in [6.45, 7) is 1.84. The fourth-order valence-corrected chi connectivity index (χ4v) is 1.42. The molecule has 0 radical (unpaired) electrons. The van der Waals surface area contributed by atoms with Gasteiger partial charge in [0.25, 0.3) is 0 Å². The van der Waals surface area contributed by atoms with Crippen LogP contribution in [0.1, 0.15) is 25.3 Å². The first-order valence-electron chi connectivity index (χ1n) is 4.80. The standard InChI is InChI=1S/C11H16N2O2/c1-11(15-13,8-7-10(12)14)9-5-3-2-4-6-9/h2-6H,7-8,13H2,1H3,(H2,12,14). The molecular formula is C11H16N2O2. The topological polar surface area (TPSA) is 78.3 Å². The Kier molecular flexibility index (Phi) is 3.82. The second-order valence-electron chi connectivity index (χ2n) is 3.68. The predicted molar refractivity (Wildman–Crippen MR) is 57.5 cm³/mol. The van der Waals surface area contributed by atoms with Crippen LogP contribution < -0.4 is 11.6 Å². The van der Waals surface area contributed by atoms with E-state index in [4.69, 9.17) is 16.5 Å². The Morgan fingerprint density at radius 3 is 2.47 bits per heavy atom. The molecular weight excluding hydrogens is 192 g/mol. The molecule has 0 saturated heterocycles. The molecule has 0 aliphatic heterocycles. The summed E-state index contributed by atoms with van der Waals surface area (Å²) in [5.74, 6) is 4.92. The van der Waals surface area contributed by atoms with Gasteiger partial charge in [0.2, 0.25) is 5.91 Å². The van der Waals surface area contributed by atoms with Crippen molar-refractivity contribution in [3.63, 3.8) is 0 Å². The Labute approximate surface area is 89.2 Å². The van der Waals surface area contributed by atoms with E-state index in [0.717, 1.165) is 5.56 Å². The van der Waals surface area contributed by atoms with E-state index in [1.54, 1.807) is 0 Å². The van der Waals surface area contributed by atoms with Crippen LogP contribution in [0.4, 0.5) is 0 Å². The highest BCUT2D eigenvalue weighted by Gasteiger charge is 2.27. The van der Waals surface area contributed by atoms with Crippen LogP contribution in [-0.2, 0) is 15.2 Å². The maximum atomic E-state index is 10.7. The van der Waals surface area contributed by atoms with E-state index >= 15 is 0 Å². The van der Waals surface area contributed by atoms with Crippen molar-refractivity contribution in [2.24, 2.45) is 11.6 Å². The lowest BCUT2D eigenvalue weighted by Gasteiger charge is -2.27. The van der Waals surface area contributed by atoms with Crippen molar-refractivity contribution in [2.75, 3.05) is 0 Å². The third-order valence-corrected chi connectivity index (χ3v) is 2.49. The zero-order valence-electron chi connectivity index (χ0n) is 8.77. The highest BCUT2D eigenvalue weighted by molar-refractivity contribution is 5.73. The number of amides is 1. The van der Waals surface area contributed by atoms with Crippen LogP contribution in [-0.4, -0.2) is 5.91 Å². The number of carbonyl (C=O) groups is 1. The molecule has 4 nitrogen and oxygen atoms in total. The lowest BCUT2D eigenvalue weighted by atomic mass is 9.91. The van der Waals surface area contributed by atoms with Crippen LogP contribution in [0.3, 0.4) is 0 Å². The molecule has 0 aromatic heterocycles. The molecule has 4 N–H and O–H groups in total.